The number of aromatic amines is 1. The van der Waals surface area contributed by atoms with Crippen LogP contribution in [0.15, 0.2) is 84.2 Å². The van der Waals surface area contributed by atoms with Gasteiger partial charge in [-0.15, -0.1) is 0 Å². The van der Waals surface area contributed by atoms with Crippen LogP contribution in [0, 0.1) is 6.92 Å². The molecule has 178 valence electrons. The monoisotopic (exact) mass is 476 g/mol. The van der Waals surface area contributed by atoms with Crippen LogP contribution in [0.4, 0.5) is 11.6 Å². The van der Waals surface area contributed by atoms with Crippen LogP contribution in [-0.4, -0.2) is 41.6 Å². The topological polar surface area (TPSA) is 97.5 Å². The van der Waals surface area contributed by atoms with Crippen molar-refractivity contribution in [3.63, 3.8) is 0 Å². The highest BCUT2D eigenvalue weighted by Crippen LogP contribution is 2.31. The van der Waals surface area contributed by atoms with Gasteiger partial charge in [0.15, 0.2) is 11.5 Å². The third-order valence-electron chi connectivity index (χ3n) is 6.30. The number of aromatic nitrogens is 7. The summed E-state index contributed by atoms with van der Waals surface area (Å²) in [5, 5.41) is 14.2. The summed E-state index contributed by atoms with van der Waals surface area (Å²) in [4.78, 5) is 22.9. The quantitative estimate of drug-likeness (QED) is 0.390. The molecule has 0 aliphatic carbocycles. The van der Waals surface area contributed by atoms with E-state index in [0.29, 0.717) is 18.7 Å². The maximum Gasteiger partial charge on any atom is 0.250 e. The maximum absolute atomic E-state index is 12.0. The fraction of sp³-hybridized carbons (Fsp3) is 0.148. The van der Waals surface area contributed by atoms with E-state index in [-0.39, 0.29) is 5.56 Å². The Morgan fingerprint density at radius 3 is 2.53 bits per heavy atom. The number of benzene rings is 2. The first-order valence-electron chi connectivity index (χ1n) is 11.6. The molecule has 0 aliphatic rings. The van der Waals surface area contributed by atoms with Crippen LogP contribution in [0.1, 0.15) is 16.7 Å². The standard InChI is InChI=1S/C27H24N8O/c1-18-6-11-23-21(13-18)27(31-30-23)33(2)26-22-16-35(32-25(22)28-17-29-26)15-20-9-7-19(8-10-20)14-34-12-4-3-5-24(34)36/h3-13,16-17H,14-15H2,1-2H3,(H,30,31). The summed E-state index contributed by atoms with van der Waals surface area (Å²) in [6, 6.07) is 19.6. The largest absolute Gasteiger partial charge is 0.311 e. The summed E-state index contributed by atoms with van der Waals surface area (Å²) in [5.41, 5.74) is 4.93. The molecule has 0 unspecified atom stereocenters. The molecule has 0 radical (unpaired) electrons. The van der Waals surface area contributed by atoms with Gasteiger partial charge in [0.05, 0.1) is 24.0 Å². The van der Waals surface area contributed by atoms with E-state index in [1.54, 1.807) is 22.9 Å². The summed E-state index contributed by atoms with van der Waals surface area (Å²) >= 11 is 0. The van der Waals surface area contributed by atoms with E-state index in [2.05, 4.69) is 56.5 Å². The predicted octanol–water partition coefficient (Wildman–Crippen LogP) is 4.04. The van der Waals surface area contributed by atoms with E-state index in [9.17, 15) is 4.79 Å². The Bertz CT molecular complexity index is 1750. The van der Waals surface area contributed by atoms with Crippen molar-refractivity contribution in [3.05, 3.63) is 106 Å². The molecule has 9 heteroatoms. The molecule has 0 amide bonds. The van der Waals surface area contributed by atoms with E-state index < -0.39 is 0 Å². The predicted molar refractivity (Wildman–Crippen MR) is 140 cm³/mol. The maximum atomic E-state index is 12.0. The zero-order valence-electron chi connectivity index (χ0n) is 20.0. The van der Waals surface area contributed by atoms with Crippen LogP contribution in [-0.2, 0) is 13.1 Å². The van der Waals surface area contributed by atoms with Gasteiger partial charge in [0, 0.05) is 30.9 Å². The number of nitrogens with zero attached hydrogens (tertiary/aromatic N) is 7. The van der Waals surface area contributed by atoms with Crippen LogP contribution < -0.4 is 10.5 Å². The van der Waals surface area contributed by atoms with Crippen molar-refractivity contribution in [2.45, 2.75) is 20.0 Å². The molecule has 1 N–H and O–H groups in total. The minimum Gasteiger partial charge on any atom is -0.311 e. The lowest BCUT2D eigenvalue weighted by Gasteiger charge is -2.16. The molecule has 0 atom stereocenters. The van der Waals surface area contributed by atoms with Crippen molar-refractivity contribution in [3.8, 4) is 0 Å². The Balaban J connectivity index is 1.26. The number of nitrogens with one attached hydrogen (secondary N) is 1. The normalized spacial score (nSPS) is 11.4. The van der Waals surface area contributed by atoms with E-state index >= 15 is 0 Å². The second-order valence-electron chi connectivity index (χ2n) is 8.90. The third-order valence-corrected chi connectivity index (χ3v) is 6.30. The van der Waals surface area contributed by atoms with Crippen LogP contribution in [0.2, 0.25) is 0 Å². The summed E-state index contributed by atoms with van der Waals surface area (Å²) in [7, 11) is 1.95. The summed E-state index contributed by atoms with van der Waals surface area (Å²) in [6.07, 6.45) is 5.30. The molecule has 4 aromatic heterocycles. The molecule has 0 saturated carbocycles. The molecule has 6 aromatic rings. The van der Waals surface area contributed by atoms with Crippen molar-refractivity contribution < 1.29 is 0 Å². The Morgan fingerprint density at radius 1 is 0.917 bits per heavy atom. The molecule has 4 heterocycles. The highest BCUT2D eigenvalue weighted by Gasteiger charge is 2.18. The van der Waals surface area contributed by atoms with Crippen LogP contribution in [0.5, 0.6) is 0 Å². The highest BCUT2D eigenvalue weighted by molar-refractivity contribution is 5.96. The highest BCUT2D eigenvalue weighted by atomic mass is 16.1. The molecule has 2 aromatic carbocycles. The lowest BCUT2D eigenvalue weighted by molar-refractivity contribution is 0.692. The lowest BCUT2D eigenvalue weighted by atomic mass is 10.1. The third kappa shape index (κ3) is 4.00. The minimum absolute atomic E-state index is 0.00957. The lowest BCUT2D eigenvalue weighted by Crippen LogP contribution is -2.18. The first-order chi connectivity index (χ1) is 17.5. The van der Waals surface area contributed by atoms with Gasteiger partial charge >= 0.3 is 0 Å². The average molecular weight is 477 g/mol. The fourth-order valence-corrected chi connectivity index (χ4v) is 4.42. The zero-order valence-corrected chi connectivity index (χ0v) is 20.0. The second kappa shape index (κ2) is 8.77. The van der Waals surface area contributed by atoms with Crippen LogP contribution >= 0.6 is 0 Å². The Morgan fingerprint density at radius 2 is 1.72 bits per heavy atom. The Hall–Kier alpha value is -4.79. The van der Waals surface area contributed by atoms with Crippen molar-refractivity contribution in [1.29, 1.82) is 0 Å². The molecule has 0 aliphatic heterocycles. The second-order valence-corrected chi connectivity index (χ2v) is 8.90. The SMILES string of the molecule is Cc1ccc2[nH]nc(N(C)c3ncnc4nn(Cc5ccc(Cn6ccccc6=O)cc5)cc34)c2c1. The van der Waals surface area contributed by atoms with E-state index in [1.807, 2.05) is 47.1 Å². The number of anilines is 2. The van der Waals surface area contributed by atoms with Gasteiger partial charge in [0.1, 0.15) is 12.1 Å². The first kappa shape index (κ1) is 21.7. The minimum atomic E-state index is -0.00957. The van der Waals surface area contributed by atoms with Crippen molar-refractivity contribution in [1.82, 2.24) is 34.5 Å². The van der Waals surface area contributed by atoms with E-state index in [1.165, 1.54) is 11.9 Å². The van der Waals surface area contributed by atoms with Gasteiger partial charge in [-0.05, 0) is 36.2 Å². The average Bonchev–Trinajstić information content (AvgIpc) is 3.49. The Labute approximate surface area is 206 Å². The van der Waals surface area contributed by atoms with E-state index in [4.69, 9.17) is 0 Å². The smallest absolute Gasteiger partial charge is 0.250 e. The fourth-order valence-electron chi connectivity index (χ4n) is 4.42. The molecule has 0 fully saturated rings. The summed E-state index contributed by atoms with van der Waals surface area (Å²) in [5.74, 6) is 1.54. The van der Waals surface area contributed by atoms with Gasteiger partial charge in [-0.2, -0.15) is 10.2 Å². The van der Waals surface area contributed by atoms with E-state index in [0.717, 1.165) is 39.1 Å². The van der Waals surface area contributed by atoms with Gasteiger partial charge in [0.2, 0.25) is 0 Å². The molecule has 36 heavy (non-hydrogen) atoms. The van der Waals surface area contributed by atoms with Gasteiger partial charge in [-0.3, -0.25) is 14.6 Å². The number of fused-ring (bicyclic) bond motifs is 2. The van der Waals surface area contributed by atoms with Gasteiger partial charge in [-0.25, -0.2) is 9.97 Å². The number of pyridine rings is 1. The van der Waals surface area contributed by atoms with Crippen molar-refractivity contribution in [2.24, 2.45) is 0 Å². The van der Waals surface area contributed by atoms with Crippen molar-refractivity contribution in [2.75, 3.05) is 11.9 Å². The summed E-state index contributed by atoms with van der Waals surface area (Å²) in [6.45, 7) is 3.20. The number of hydrogen-bond donors (Lipinski definition) is 1. The number of aryl methyl sites for hydroxylation is 1. The molecular weight excluding hydrogens is 452 g/mol. The first-order valence-corrected chi connectivity index (χ1v) is 11.6. The molecule has 9 nitrogen and oxygen atoms in total. The van der Waals surface area contributed by atoms with Gasteiger partial charge in [-0.1, -0.05) is 42.0 Å². The molecule has 6 rings (SSSR count). The molecule has 0 saturated heterocycles. The Kier molecular flexibility index (Phi) is 5.29. The van der Waals surface area contributed by atoms with Crippen LogP contribution in [0.25, 0.3) is 21.9 Å². The number of H-pyrrole nitrogens is 1. The number of rotatable bonds is 6. The number of hydrogen-bond acceptors (Lipinski definition) is 6. The van der Waals surface area contributed by atoms with Gasteiger partial charge in [0.25, 0.3) is 5.56 Å². The summed E-state index contributed by atoms with van der Waals surface area (Å²) < 4.78 is 3.57. The molecule has 0 spiro atoms. The van der Waals surface area contributed by atoms with Gasteiger partial charge < -0.3 is 9.47 Å². The van der Waals surface area contributed by atoms with Crippen molar-refractivity contribution >= 4 is 33.6 Å². The zero-order chi connectivity index (χ0) is 24.6. The van der Waals surface area contributed by atoms with Crippen LogP contribution in [0.3, 0.4) is 0 Å². The molecule has 0 bridgehead atoms. The molecular formula is C27H24N8O.